The molecular formula is C22H21F2N5O. The standard InChI is InChI=1S/C22H21F2N5O/c23-18-5-3-4-17(21(18)24)22(30)29-10-7-15(8-11-29)12-16-13-20(27-14-26-16)28-19-6-1-2-9-25-19/h1-6,9,13-15H,7-8,10-12H2,(H,25,26,27,28). The molecule has 0 spiro atoms. The van der Waals surface area contributed by atoms with E-state index in [1.807, 2.05) is 24.3 Å². The number of benzene rings is 1. The maximum atomic E-state index is 13.9. The van der Waals surface area contributed by atoms with Crippen molar-refractivity contribution in [3.63, 3.8) is 0 Å². The van der Waals surface area contributed by atoms with E-state index >= 15 is 0 Å². The fourth-order valence-electron chi connectivity index (χ4n) is 3.62. The van der Waals surface area contributed by atoms with Crippen molar-refractivity contribution in [2.45, 2.75) is 19.3 Å². The normalized spacial score (nSPS) is 14.5. The number of nitrogens with zero attached hydrogens (tertiary/aromatic N) is 4. The number of halogens is 2. The van der Waals surface area contributed by atoms with Crippen molar-refractivity contribution in [2.75, 3.05) is 18.4 Å². The van der Waals surface area contributed by atoms with E-state index in [0.717, 1.165) is 31.0 Å². The molecule has 1 aromatic carbocycles. The van der Waals surface area contributed by atoms with E-state index < -0.39 is 17.5 Å². The van der Waals surface area contributed by atoms with Gasteiger partial charge in [0.15, 0.2) is 11.6 Å². The Kier molecular flexibility index (Phi) is 5.92. The summed E-state index contributed by atoms with van der Waals surface area (Å²) in [5.41, 5.74) is 0.693. The molecule has 0 atom stereocenters. The van der Waals surface area contributed by atoms with Crippen molar-refractivity contribution in [3.8, 4) is 0 Å². The Hall–Kier alpha value is -3.42. The summed E-state index contributed by atoms with van der Waals surface area (Å²) in [5, 5.41) is 3.15. The molecule has 3 heterocycles. The van der Waals surface area contributed by atoms with E-state index in [0.29, 0.717) is 30.6 Å². The molecule has 3 aromatic rings. The zero-order valence-electron chi connectivity index (χ0n) is 16.3. The molecular weight excluding hydrogens is 388 g/mol. The zero-order chi connectivity index (χ0) is 20.9. The smallest absolute Gasteiger partial charge is 0.256 e. The van der Waals surface area contributed by atoms with Crippen molar-refractivity contribution in [1.29, 1.82) is 0 Å². The van der Waals surface area contributed by atoms with E-state index in [9.17, 15) is 13.6 Å². The Labute approximate surface area is 173 Å². The molecule has 2 aromatic heterocycles. The Balaban J connectivity index is 1.34. The van der Waals surface area contributed by atoms with Gasteiger partial charge in [-0.1, -0.05) is 12.1 Å². The number of pyridine rings is 1. The lowest BCUT2D eigenvalue weighted by Crippen LogP contribution is -2.39. The minimum atomic E-state index is -1.08. The lowest BCUT2D eigenvalue weighted by molar-refractivity contribution is 0.0684. The summed E-state index contributed by atoms with van der Waals surface area (Å²) in [6.45, 7) is 1.01. The van der Waals surface area contributed by atoms with Gasteiger partial charge < -0.3 is 10.2 Å². The van der Waals surface area contributed by atoms with E-state index in [2.05, 4.69) is 20.3 Å². The summed E-state index contributed by atoms with van der Waals surface area (Å²) in [6.07, 6.45) is 5.53. The SMILES string of the molecule is O=C(c1cccc(F)c1F)N1CCC(Cc2cc(Nc3ccccn3)ncn2)CC1. The summed E-state index contributed by atoms with van der Waals surface area (Å²) >= 11 is 0. The first-order chi connectivity index (χ1) is 14.6. The van der Waals surface area contributed by atoms with Gasteiger partial charge in [-0.2, -0.15) is 0 Å². The molecule has 1 saturated heterocycles. The van der Waals surface area contributed by atoms with Gasteiger partial charge in [0.25, 0.3) is 5.91 Å². The summed E-state index contributed by atoms with van der Waals surface area (Å²) in [4.78, 5) is 26.9. The minimum Gasteiger partial charge on any atom is -0.339 e. The number of aromatic nitrogens is 3. The van der Waals surface area contributed by atoms with Gasteiger partial charge in [0, 0.05) is 31.0 Å². The molecule has 0 saturated carbocycles. The van der Waals surface area contributed by atoms with E-state index in [1.54, 1.807) is 11.1 Å². The molecule has 154 valence electrons. The van der Waals surface area contributed by atoms with E-state index in [-0.39, 0.29) is 5.56 Å². The fourth-order valence-corrected chi connectivity index (χ4v) is 3.62. The van der Waals surface area contributed by atoms with Gasteiger partial charge in [0.1, 0.15) is 18.0 Å². The van der Waals surface area contributed by atoms with Crippen LogP contribution >= 0.6 is 0 Å². The summed E-state index contributed by atoms with van der Waals surface area (Å²) in [6, 6.07) is 11.2. The van der Waals surface area contributed by atoms with Crippen LogP contribution < -0.4 is 5.32 Å². The number of amides is 1. The van der Waals surface area contributed by atoms with Gasteiger partial charge in [-0.15, -0.1) is 0 Å². The topological polar surface area (TPSA) is 71.0 Å². The first-order valence-electron chi connectivity index (χ1n) is 9.82. The number of carbonyl (C=O) groups excluding carboxylic acids is 1. The van der Waals surface area contributed by atoms with Crippen molar-refractivity contribution in [3.05, 3.63) is 77.9 Å². The molecule has 0 bridgehead atoms. The lowest BCUT2D eigenvalue weighted by Gasteiger charge is -2.32. The molecule has 1 fully saturated rings. The van der Waals surface area contributed by atoms with Gasteiger partial charge in [0.05, 0.1) is 5.56 Å². The number of hydrogen-bond donors (Lipinski definition) is 1. The monoisotopic (exact) mass is 409 g/mol. The Morgan fingerprint density at radius 1 is 1.03 bits per heavy atom. The molecule has 6 nitrogen and oxygen atoms in total. The van der Waals surface area contributed by atoms with Gasteiger partial charge in [-0.05, 0) is 49.4 Å². The van der Waals surface area contributed by atoms with Crippen LogP contribution in [0.3, 0.4) is 0 Å². The van der Waals surface area contributed by atoms with Gasteiger partial charge in [0.2, 0.25) is 0 Å². The molecule has 1 amide bonds. The number of rotatable bonds is 5. The van der Waals surface area contributed by atoms with Crippen LogP contribution in [0.15, 0.2) is 55.0 Å². The van der Waals surface area contributed by atoms with Crippen molar-refractivity contribution < 1.29 is 13.6 Å². The van der Waals surface area contributed by atoms with Crippen LogP contribution in [-0.2, 0) is 6.42 Å². The van der Waals surface area contributed by atoms with Crippen molar-refractivity contribution in [2.24, 2.45) is 5.92 Å². The predicted molar refractivity (Wildman–Crippen MR) is 108 cm³/mol. The number of nitrogens with one attached hydrogen (secondary N) is 1. The van der Waals surface area contributed by atoms with Crippen LogP contribution in [0.1, 0.15) is 28.9 Å². The first kappa shape index (κ1) is 19.9. The van der Waals surface area contributed by atoms with Crippen LogP contribution in [0, 0.1) is 17.6 Å². The third kappa shape index (κ3) is 4.59. The number of likely N-dealkylation sites (tertiary alicyclic amines) is 1. The zero-order valence-corrected chi connectivity index (χ0v) is 16.3. The number of carbonyl (C=O) groups is 1. The van der Waals surface area contributed by atoms with E-state index in [4.69, 9.17) is 0 Å². The number of hydrogen-bond acceptors (Lipinski definition) is 5. The van der Waals surface area contributed by atoms with Crippen LogP contribution in [-0.4, -0.2) is 38.8 Å². The molecule has 1 aliphatic rings. The Morgan fingerprint density at radius 2 is 1.87 bits per heavy atom. The summed E-state index contributed by atoms with van der Waals surface area (Å²) in [5.74, 6) is -0.821. The molecule has 8 heteroatoms. The molecule has 30 heavy (non-hydrogen) atoms. The number of anilines is 2. The average Bonchev–Trinajstić information content (AvgIpc) is 2.77. The third-order valence-corrected chi connectivity index (χ3v) is 5.23. The van der Waals surface area contributed by atoms with Crippen LogP contribution in [0.2, 0.25) is 0 Å². The minimum absolute atomic E-state index is 0.213. The molecule has 0 unspecified atom stereocenters. The highest BCUT2D eigenvalue weighted by Gasteiger charge is 2.26. The Bertz CT molecular complexity index is 1020. The quantitative estimate of drug-likeness (QED) is 0.690. The van der Waals surface area contributed by atoms with Gasteiger partial charge in [-0.25, -0.2) is 23.7 Å². The maximum Gasteiger partial charge on any atom is 0.256 e. The second-order valence-electron chi connectivity index (χ2n) is 7.28. The highest BCUT2D eigenvalue weighted by molar-refractivity contribution is 5.94. The number of piperidine rings is 1. The first-order valence-corrected chi connectivity index (χ1v) is 9.82. The maximum absolute atomic E-state index is 13.9. The highest BCUT2D eigenvalue weighted by atomic mass is 19.2. The largest absolute Gasteiger partial charge is 0.339 e. The fraction of sp³-hybridized carbons (Fsp3) is 0.273. The molecule has 1 N–H and O–H groups in total. The van der Waals surface area contributed by atoms with Crippen LogP contribution in [0.5, 0.6) is 0 Å². The van der Waals surface area contributed by atoms with Gasteiger partial charge in [-0.3, -0.25) is 4.79 Å². The van der Waals surface area contributed by atoms with E-state index in [1.165, 1.54) is 18.5 Å². The second kappa shape index (κ2) is 8.94. The Morgan fingerprint density at radius 3 is 2.63 bits per heavy atom. The highest BCUT2D eigenvalue weighted by Crippen LogP contribution is 2.24. The second-order valence-corrected chi connectivity index (χ2v) is 7.28. The summed E-state index contributed by atoms with van der Waals surface area (Å²) in [7, 11) is 0. The van der Waals surface area contributed by atoms with Gasteiger partial charge >= 0.3 is 0 Å². The average molecular weight is 409 g/mol. The molecule has 0 aliphatic carbocycles. The molecule has 0 radical (unpaired) electrons. The lowest BCUT2D eigenvalue weighted by atomic mass is 9.91. The predicted octanol–water partition coefficient (Wildman–Crippen LogP) is 3.99. The molecule has 1 aliphatic heterocycles. The van der Waals surface area contributed by atoms with Crippen LogP contribution in [0.25, 0.3) is 0 Å². The molecule has 4 rings (SSSR count). The van der Waals surface area contributed by atoms with Crippen LogP contribution in [0.4, 0.5) is 20.4 Å². The van der Waals surface area contributed by atoms with Crippen molar-refractivity contribution >= 4 is 17.5 Å². The summed E-state index contributed by atoms with van der Waals surface area (Å²) < 4.78 is 27.3. The van der Waals surface area contributed by atoms with Crippen molar-refractivity contribution in [1.82, 2.24) is 19.9 Å². The third-order valence-electron chi connectivity index (χ3n) is 5.23.